The predicted octanol–water partition coefficient (Wildman–Crippen LogP) is 2.74. The number of piperazine rings is 1. The highest BCUT2D eigenvalue weighted by Gasteiger charge is 2.32. The van der Waals surface area contributed by atoms with Crippen LogP contribution in [0.3, 0.4) is 0 Å². The summed E-state index contributed by atoms with van der Waals surface area (Å²) in [6.45, 7) is 6.60. The van der Waals surface area contributed by atoms with E-state index in [-0.39, 0.29) is 5.69 Å². The Kier molecular flexibility index (Phi) is 5.55. The van der Waals surface area contributed by atoms with Crippen molar-refractivity contribution in [3.63, 3.8) is 0 Å². The number of sulfone groups is 1. The molecule has 1 aromatic carbocycles. The van der Waals surface area contributed by atoms with E-state index in [2.05, 4.69) is 0 Å². The molecule has 1 saturated heterocycles. The summed E-state index contributed by atoms with van der Waals surface area (Å²) < 4.78 is 54.8. The lowest BCUT2D eigenvalue weighted by molar-refractivity contribution is 0.0240. The van der Waals surface area contributed by atoms with Gasteiger partial charge in [0.05, 0.1) is 10.6 Å². The molecule has 2 rings (SSSR count). The number of anilines is 1. The molecule has 0 aromatic heterocycles. The SMILES string of the molecule is CC(C)(C)OC(=O)N1CCN(c2ccccc2S(=O)(=O)C(F)F)CC1. The number of halogens is 2. The summed E-state index contributed by atoms with van der Waals surface area (Å²) in [7, 11) is -4.69. The second kappa shape index (κ2) is 7.15. The number of amides is 1. The van der Waals surface area contributed by atoms with Crippen LogP contribution in [-0.2, 0) is 14.6 Å². The molecule has 1 amide bonds. The molecule has 0 atom stereocenters. The molecule has 0 saturated carbocycles. The van der Waals surface area contributed by atoms with Crippen molar-refractivity contribution in [3.8, 4) is 0 Å². The van der Waals surface area contributed by atoms with Crippen LogP contribution in [-0.4, -0.2) is 56.9 Å². The number of alkyl halides is 2. The summed E-state index contributed by atoms with van der Waals surface area (Å²) in [5.41, 5.74) is -0.377. The Morgan fingerprint density at radius 2 is 1.68 bits per heavy atom. The smallest absolute Gasteiger partial charge is 0.410 e. The van der Waals surface area contributed by atoms with Crippen LogP contribution in [0.2, 0.25) is 0 Å². The number of rotatable bonds is 3. The van der Waals surface area contributed by atoms with E-state index in [0.717, 1.165) is 0 Å². The number of ether oxygens (including phenoxy) is 1. The number of carbonyl (C=O) groups is 1. The molecule has 0 unspecified atom stereocenters. The molecule has 1 heterocycles. The number of nitrogens with zero attached hydrogens (tertiary/aromatic N) is 2. The van der Waals surface area contributed by atoms with Gasteiger partial charge < -0.3 is 14.5 Å². The first-order valence-corrected chi connectivity index (χ1v) is 9.41. The third-order valence-electron chi connectivity index (χ3n) is 3.68. The molecular formula is C16H22F2N2O4S. The second-order valence-corrected chi connectivity index (χ2v) is 8.61. The minimum absolute atomic E-state index is 0.228. The number of hydrogen-bond acceptors (Lipinski definition) is 5. The Bertz CT molecular complexity index is 724. The third-order valence-corrected chi connectivity index (χ3v) is 5.11. The molecule has 6 nitrogen and oxygen atoms in total. The molecule has 1 aliphatic rings. The zero-order chi connectivity index (χ0) is 18.8. The molecule has 9 heteroatoms. The van der Waals surface area contributed by atoms with Gasteiger partial charge in [0.1, 0.15) is 5.60 Å². The Morgan fingerprint density at radius 1 is 1.12 bits per heavy atom. The monoisotopic (exact) mass is 376 g/mol. The van der Waals surface area contributed by atoms with Gasteiger partial charge in [0, 0.05) is 26.2 Å². The summed E-state index contributed by atoms with van der Waals surface area (Å²) in [5, 5.41) is 0. The molecule has 25 heavy (non-hydrogen) atoms. The van der Waals surface area contributed by atoms with Crippen molar-refractivity contribution in [1.29, 1.82) is 0 Å². The average molecular weight is 376 g/mol. The van der Waals surface area contributed by atoms with Crippen LogP contribution in [0, 0.1) is 0 Å². The lowest BCUT2D eigenvalue weighted by atomic mass is 10.2. The summed E-state index contributed by atoms with van der Waals surface area (Å²) in [4.78, 5) is 14.9. The summed E-state index contributed by atoms with van der Waals surface area (Å²) in [6.07, 6.45) is -0.444. The van der Waals surface area contributed by atoms with Gasteiger partial charge in [-0.1, -0.05) is 12.1 Å². The van der Waals surface area contributed by atoms with Gasteiger partial charge in [0.15, 0.2) is 0 Å². The van der Waals surface area contributed by atoms with Crippen molar-refractivity contribution >= 4 is 21.6 Å². The van der Waals surface area contributed by atoms with Gasteiger partial charge in [-0.25, -0.2) is 13.2 Å². The molecule has 1 aromatic rings. The molecule has 0 radical (unpaired) electrons. The largest absolute Gasteiger partial charge is 0.444 e. The number of benzene rings is 1. The quantitative estimate of drug-likeness (QED) is 0.812. The van der Waals surface area contributed by atoms with E-state index in [0.29, 0.717) is 26.2 Å². The zero-order valence-corrected chi connectivity index (χ0v) is 15.2. The number of para-hydroxylation sites is 1. The minimum atomic E-state index is -4.69. The maximum Gasteiger partial charge on any atom is 0.410 e. The molecular weight excluding hydrogens is 354 g/mol. The summed E-state index contributed by atoms with van der Waals surface area (Å²) in [5.74, 6) is -3.48. The van der Waals surface area contributed by atoms with Gasteiger partial charge in [-0.15, -0.1) is 0 Å². The van der Waals surface area contributed by atoms with E-state index in [1.807, 2.05) is 0 Å². The van der Waals surface area contributed by atoms with Crippen LogP contribution >= 0.6 is 0 Å². The van der Waals surface area contributed by atoms with Crippen molar-refractivity contribution in [3.05, 3.63) is 24.3 Å². The minimum Gasteiger partial charge on any atom is -0.444 e. The standard InChI is InChI=1S/C16H22F2N2O4S/c1-16(2,3)24-15(21)20-10-8-19(9-11-20)12-6-4-5-7-13(12)25(22,23)14(17)18/h4-7,14H,8-11H2,1-3H3. The fourth-order valence-electron chi connectivity index (χ4n) is 2.51. The van der Waals surface area contributed by atoms with E-state index in [9.17, 15) is 22.0 Å². The molecule has 0 N–H and O–H groups in total. The highest BCUT2D eigenvalue weighted by Crippen LogP contribution is 2.29. The van der Waals surface area contributed by atoms with Gasteiger partial charge in [-0.3, -0.25) is 0 Å². The second-order valence-electron chi connectivity index (χ2n) is 6.73. The zero-order valence-electron chi connectivity index (χ0n) is 14.4. The van der Waals surface area contributed by atoms with Crippen LogP contribution in [0.4, 0.5) is 19.3 Å². The Balaban J connectivity index is 2.13. The average Bonchev–Trinajstić information content (AvgIpc) is 2.53. The van der Waals surface area contributed by atoms with Crippen molar-refractivity contribution in [2.75, 3.05) is 31.1 Å². The van der Waals surface area contributed by atoms with Crippen molar-refractivity contribution in [2.24, 2.45) is 0 Å². The third kappa shape index (κ3) is 4.59. The lowest BCUT2D eigenvalue weighted by Gasteiger charge is -2.37. The number of carbonyl (C=O) groups excluding carboxylic acids is 1. The van der Waals surface area contributed by atoms with Crippen LogP contribution in [0.1, 0.15) is 20.8 Å². The first-order chi connectivity index (χ1) is 11.5. The van der Waals surface area contributed by atoms with E-state index in [1.165, 1.54) is 23.1 Å². The Morgan fingerprint density at radius 3 is 2.20 bits per heavy atom. The topological polar surface area (TPSA) is 66.9 Å². The predicted molar refractivity (Wildman–Crippen MR) is 89.7 cm³/mol. The van der Waals surface area contributed by atoms with Crippen LogP contribution < -0.4 is 4.90 Å². The maximum atomic E-state index is 12.9. The number of hydrogen-bond donors (Lipinski definition) is 0. The fourth-order valence-corrected chi connectivity index (χ4v) is 3.46. The highest BCUT2D eigenvalue weighted by atomic mass is 32.2. The van der Waals surface area contributed by atoms with E-state index < -0.39 is 32.2 Å². The summed E-state index contributed by atoms with van der Waals surface area (Å²) >= 11 is 0. The molecule has 0 spiro atoms. The van der Waals surface area contributed by atoms with Crippen molar-refractivity contribution in [1.82, 2.24) is 4.90 Å². The Labute approximate surface area is 146 Å². The van der Waals surface area contributed by atoms with Gasteiger partial charge in [-0.2, -0.15) is 8.78 Å². The molecule has 1 aliphatic heterocycles. The van der Waals surface area contributed by atoms with E-state index in [1.54, 1.807) is 31.7 Å². The Hall–Kier alpha value is -1.90. The van der Waals surface area contributed by atoms with E-state index in [4.69, 9.17) is 4.74 Å². The molecule has 0 bridgehead atoms. The summed E-state index contributed by atoms with van der Waals surface area (Å²) in [6, 6.07) is 5.69. The molecule has 1 fully saturated rings. The van der Waals surface area contributed by atoms with Gasteiger partial charge in [0.25, 0.3) is 0 Å². The fraction of sp³-hybridized carbons (Fsp3) is 0.562. The first kappa shape index (κ1) is 19.4. The van der Waals surface area contributed by atoms with Crippen LogP contribution in [0.25, 0.3) is 0 Å². The van der Waals surface area contributed by atoms with E-state index >= 15 is 0 Å². The maximum absolute atomic E-state index is 12.9. The lowest BCUT2D eigenvalue weighted by Crippen LogP contribution is -2.50. The van der Waals surface area contributed by atoms with Gasteiger partial charge in [0.2, 0.25) is 9.84 Å². The van der Waals surface area contributed by atoms with Crippen molar-refractivity contribution in [2.45, 2.75) is 37.0 Å². The van der Waals surface area contributed by atoms with Crippen LogP contribution in [0.5, 0.6) is 0 Å². The van der Waals surface area contributed by atoms with Gasteiger partial charge >= 0.3 is 11.9 Å². The van der Waals surface area contributed by atoms with Crippen LogP contribution in [0.15, 0.2) is 29.2 Å². The van der Waals surface area contributed by atoms with Gasteiger partial charge in [-0.05, 0) is 32.9 Å². The molecule has 140 valence electrons. The normalized spacial score (nSPS) is 16.2. The first-order valence-electron chi connectivity index (χ1n) is 7.86. The van der Waals surface area contributed by atoms with Crippen molar-refractivity contribution < 1.29 is 26.7 Å². The highest BCUT2D eigenvalue weighted by molar-refractivity contribution is 7.91. The molecule has 0 aliphatic carbocycles.